The van der Waals surface area contributed by atoms with Crippen LogP contribution in [0.1, 0.15) is 52.9 Å². The third-order valence-corrected chi connectivity index (χ3v) is 5.85. The first-order valence-electron chi connectivity index (χ1n) is 12.0. The second kappa shape index (κ2) is 10.1. The molecular weight excluding hydrogens is 472 g/mol. The van der Waals surface area contributed by atoms with Crippen molar-refractivity contribution in [2.75, 3.05) is 20.3 Å². The van der Waals surface area contributed by atoms with Crippen LogP contribution in [0.25, 0.3) is 27.4 Å². The summed E-state index contributed by atoms with van der Waals surface area (Å²) in [5.74, 6) is -1.05. The SMILES string of the molecule is COCCOC(=O)c1c(C)nc(C)c2c(=O)n(-c3cccc(C(=O)OC(C)(C)C)c3)c3ccccc3c12. The number of esters is 2. The van der Waals surface area contributed by atoms with Gasteiger partial charge in [0, 0.05) is 17.9 Å². The van der Waals surface area contributed by atoms with E-state index in [4.69, 9.17) is 14.2 Å². The van der Waals surface area contributed by atoms with E-state index in [-0.39, 0.29) is 24.3 Å². The molecular formula is C29H30N2O6. The number of carbonyl (C=O) groups excluding carboxylic acids is 2. The lowest BCUT2D eigenvalue weighted by atomic mass is 9.98. The Balaban J connectivity index is 2.01. The van der Waals surface area contributed by atoms with Crippen molar-refractivity contribution in [2.45, 2.75) is 40.2 Å². The van der Waals surface area contributed by atoms with Crippen LogP contribution in [-0.2, 0) is 14.2 Å². The van der Waals surface area contributed by atoms with Gasteiger partial charge in [-0.2, -0.15) is 0 Å². The second-order valence-electron chi connectivity index (χ2n) is 9.75. The van der Waals surface area contributed by atoms with Gasteiger partial charge < -0.3 is 14.2 Å². The highest BCUT2D eigenvalue weighted by atomic mass is 16.6. The first-order chi connectivity index (χ1) is 17.5. The summed E-state index contributed by atoms with van der Waals surface area (Å²) >= 11 is 0. The molecule has 0 amide bonds. The quantitative estimate of drug-likeness (QED) is 0.210. The second-order valence-corrected chi connectivity index (χ2v) is 9.75. The third kappa shape index (κ3) is 5.11. The standard InChI is InChI=1S/C29H30N2O6/c1-17-23-25(24(18(2)30-17)28(34)36-15-14-35-6)21-12-7-8-13-22(21)31(26(23)32)20-11-9-10-19(16-20)27(33)37-29(3,4)5/h7-13,16H,14-15H2,1-6H3. The molecule has 0 unspecified atom stereocenters. The molecule has 2 heterocycles. The molecule has 0 aliphatic rings. The monoisotopic (exact) mass is 502 g/mol. The molecule has 0 fully saturated rings. The van der Waals surface area contributed by atoms with Crippen LogP contribution >= 0.6 is 0 Å². The van der Waals surface area contributed by atoms with Gasteiger partial charge in [0.1, 0.15) is 12.2 Å². The lowest BCUT2D eigenvalue weighted by molar-refractivity contribution is 0.00691. The Morgan fingerprint density at radius 1 is 0.919 bits per heavy atom. The van der Waals surface area contributed by atoms with Gasteiger partial charge >= 0.3 is 11.9 Å². The van der Waals surface area contributed by atoms with E-state index in [1.807, 2.05) is 18.2 Å². The molecule has 0 saturated carbocycles. The van der Waals surface area contributed by atoms with Gasteiger partial charge in [0.05, 0.1) is 45.7 Å². The molecule has 4 aromatic rings. The Morgan fingerprint density at radius 3 is 2.35 bits per heavy atom. The molecule has 37 heavy (non-hydrogen) atoms. The lowest BCUT2D eigenvalue weighted by Crippen LogP contribution is -2.25. The maximum atomic E-state index is 14.1. The van der Waals surface area contributed by atoms with E-state index >= 15 is 0 Å². The fourth-order valence-electron chi connectivity index (χ4n) is 4.39. The summed E-state index contributed by atoms with van der Waals surface area (Å²) in [5, 5.41) is 1.49. The van der Waals surface area contributed by atoms with E-state index in [0.29, 0.717) is 44.3 Å². The molecule has 8 nitrogen and oxygen atoms in total. The van der Waals surface area contributed by atoms with E-state index in [1.54, 1.807) is 65.0 Å². The predicted octanol–water partition coefficient (Wildman–Crippen LogP) is 4.91. The van der Waals surface area contributed by atoms with Crippen molar-refractivity contribution in [3.8, 4) is 5.69 Å². The number of hydrogen-bond acceptors (Lipinski definition) is 7. The molecule has 0 N–H and O–H groups in total. The van der Waals surface area contributed by atoms with Crippen LogP contribution in [0.15, 0.2) is 53.3 Å². The Hall–Kier alpha value is -4.04. The van der Waals surface area contributed by atoms with Crippen LogP contribution in [0.3, 0.4) is 0 Å². The van der Waals surface area contributed by atoms with Crippen molar-refractivity contribution in [3.05, 3.63) is 81.4 Å². The van der Waals surface area contributed by atoms with E-state index < -0.39 is 17.5 Å². The van der Waals surface area contributed by atoms with Crippen LogP contribution in [0.2, 0.25) is 0 Å². The van der Waals surface area contributed by atoms with Crippen molar-refractivity contribution in [1.82, 2.24) is 9.55 Å². The van der Waals surface area contributed by atoms with Gasteiger partial charge in [-0.05, 0) is 58.9 Å². The highest BCUT2D eigenvalue weighted by Crippen LogP contribution is 2.31. The van der Waals surface area contributed by atoms with Crippen LogP contribution in [0.4, 0.5) is 0 Å². The molecule has 4 rings (SSSR count). The number of para-hydroxylation sites is 1. The minimum Gasteiger partial charge on any atom is -0.460 e. The number of carbonyl (C=O) groups is 2. The lowest BCUT2D eigenvalue weighted by Gasteiger charge is -2.20. The largest absolute Gasteiger partial charge is 0.460 e. The Kier molecular flexibility index (Phi) is 7.14. The molecule has 192 valence electrons. The van der Waals surface area contributed by atoms with Crippen LogP contribution in [-0.4, -0.2) is 47.4 Å². The highest BCUT2D eigenvalue weighted by Gasteiger charge is 2.24. The fourth-order valence-corrected chi connectivity index (χ4v) is 4.39. The summed E-state index contributed by atoms with van der Waals surface area (Å²) in [4.78, 5) is 44.5. The van der Waals surface area contributed by atoms with Gasteiger partial charge in [0.15, 0.2) is 0 Å². The zero-order chi connectivity index (χ0) is 26.9. The number of benzene rings is 2. The van der Waals surface area contributed by atoms with Crippen molar-refractivity contribution in [1.29, 1.82) is 0 Å². The maximum absolute atomic E-state index is 14.1. The molecule has 0 aliphatic heterocycles. The number of rotatable bonds is 6. The number of nitrogens with zero attached hydrogens (tertiary/aromatic N) is 2. The number of methoxy groups -OCH3 is 1. The smallest absolute Gasteiger partial charge is 0.340 e. The molecule has 0 spiro atoms. The first-order valence-corrected chi connectivity index (χ1v) is 12.0. The van der Waals surface area contributed by atoms with E-state index in [9.17, 15) is 14.4 Å². The van der Waals surface area contributed by atoms with Crippen LogP contribution < -0.4 is 5.56 Å². The number of fused-ring (bicyclic) bond motifs is 3. The third-order valence-electron chi connectivity index (χ3n) is 5.85. The van der Waals surface area contributed by atoms with E-state index in [1.165, 1.54) is 11.7 Å². The van der Waals surface area contributed by atoms with Crippen molar-refractivity contribution in [3.63, 3.8) is 0 Å². The molecule has 2 aromatic heterocycles. The van der Waals surface area contributed by atoms with Crippen molar-refractivity contribution < 1.29 is 23.8 Å². The number of pyridine rings is 2. The zero-order valence-corrected chi connectivity index (χ0v) is 21.9. The Morgan fingerprint density at radius 2 is 1.65 bits per heavy atom. The molecule has 8 heteroatoms. The molecule has 0 saturated heterocycles. The average molecular weight is 503 g/mol. The minimum absolute atomic E-state index is 0.0800. The number of hydrogen-bond donors (Lipinski definition) is 0. The molecule has 0 atom stereocenters. The van der Waals surface area contributed by atoms with Crippen molar-refractivity contribution in [2.24, 2.45) is 0 Å². The van der Waals surface area contributed by atoms with E-state index in [2.05, 4.69) is 4.98 Å². The number of ether oxygens (including phenoxy) is 3. The molecule has 0 bridgehead atoms. The average Bonchev–Trinajstić information content (AvgIpc) is 2.83. The zero-order valence-electron chi connectivity index (χ0n) is 21.9. The van der Waals surface area contributed by atoms with Gasteiger partial charge in [0.25, 0.3) is 5.56 Å². The summed E-state index contributed by atoms with van der Waals surface area (Å²) in [6.45, 7) is 9.19. The van der Waals surface area contributed by atoms with E-state index in [0.717, 1.165) is 0 Å². The fraction of sp³-hybridized carbons (Fsp3) is 0.310. The van der Waals surface area contributed by atoms with Crippen molar-refractivity contribution >= 4 is 33.6 Å². The topological polar surface area (TPSA) is 96.7 Å². The van der Waals surface area contributed by atoms with Gasteiger partial charge in [-0.1, -0.05) is 24.3 Å². The Bertz CT molecular complexity index is 1580. The summed E-state index contributed by atoms with van der Waals surface area (Å²) in [7, 11) is 1.52. The van der Waals surface area contributed by atoms with Gasteiger partial charge in [-0.15, -0.1) is 0 Å². The van der Waals surface area contributed by atoms with Crippen LogP contribution in [0.5, 0.6) is 0 Å². The summed E-state index contributed by atoms with van der Waals surface area (Å²) in [5.41, 5.74) is 1.60. The Labute approximate surface area is 214 Å². The maximum Gasteiger partial charge on any atom is 0.340 e. The first kappa shape index (κ1) is 26.0. The summed E-state index contributed by atoms with van der Waals surface area (Å²) in [6.07, 6.45) is 0. The molecule has 2 aromatic carbocycles. The molecule has 0 radical (unpaired) electrons. The van der Waals surface area contributed by atoms with Crippen LogP contribution in [0, 0.1) is 13.8 Å². The van der Waals surface area contributed by atoms with Gasteiger partial charge in [-0.3, -0.25) is 14.3 Å². The van der Waals surface area contributed by atoms with Gasteiger partial charge in [-0.25, -0.2) is 9.59 Å². The highest BCUT2D eigenvalue weighted by molar-refractivity contribution is 6.16. The number of aryl methyl sites for hydroxylation is 2. The molecule has 0 aliphatic carbocycles. The minimum atomic E-state index is -0.658. The number of aromatic nitrogens is 2. The normalized spacial score (nSPS) is 11.6. The van der Waals surface area contributed by atoms with Gasteiger partial charge in [0.2, 0.25) is 0 Å². The summed E-state index contributed by atoms with van der Waals surface area (Å²) in [6, 6.07) is 14.1. The predicted molar refractivity (Wildman–Crippen MR) is 142 cm³/mol. The summed E-state index contributed by atoms with van der Waals surface area (Å²) < 4.78 is 17.5.